The first-order chi connectivity index (χ1) is 12.3. The van der Waals surface area contributed by atoms with Gasteiger partial charge < -0.3 is 15.8 Å². The molecule has 26 heavy (non-hydrogen) atoms. The molecule has 0 aliphatic carbocycles. The van der Waals surface area contributed by atoms with Gasteiger partial charge in [0.05, 0.1) is 15.6 Å². The van der Waals surface area contributed by atoms with Crippen LogP contribution in [0, 0.1) is 0 Å². The zero-order chi connectivity index (χ0) is 19.3. The lowest BCUT2D eigenvalue weighted by atomic mass is 10.2. The molecule has 0 fully saturated rings. The van der Waals surface area contributed by atoms with Gasteiger partial charge in [-0.3, -0.25) is 9.59 Å². The fraction of sp³-hybridized carbons (Fsp3) is 0.118. The maximum atomic E-state index is 12.1. The number of thiophene rings is 1. The van der Waals surface area contributed by atoms with Gasteiger partial charge in [-0.15, -0.1) is 11.3 Å². The van der Waals surface area contributed by atoms with Gasteiger partial charge in [-0.25, -0.2) is 4.79 Å². The number of primary amides is 1. The van der Waals surface area contributed by atoms with Crippen molar-refractivity contribution in [2.45, 2.75) is 13.0 Å². The van der Waals surface area contributed by atoms with Gasteiger partial charge in [0, 0.05) is 6.08 Å². The molecule has 0 saturated carbocycles. The summed E-state index contributed by atoms with van der Waals surface area (Å²) in [6.07, 6.45) is 1.59. The van der Waals surface area contributed by atoms with E-state index in [1.54, 1.807) is 23.6 Å². The second-order valence-corrected chi connectivity index (χ2v) is 6.83. The number of hydrogen-bond acceptors (Lipinski definition) is 5. The highest BCUT2D eigenvalue weighted by atomic mass is 35.5. The average molecular weight is 413 g/mol. The van der Waals surface area contributed by atoms with Crippen LogP contribution >= 0.6 is 34.5 Å². The van der Waals surface area contributed by atoms with Crippen molar-refractivity contribution in [2.24, 2.45) is 5.73 Å². The Labute approximate surface area is 163 Å². The number of nitrogens with one attached hydrogen (secondary N) is 1. The minimum absolute atomic E-state index is 0.196. The third-order valence-corrected chi connectivity index (χ3v) is 4.75. The van der Waals surface area contributed by atoms with Crippen molar-refractivity contribution >= 4 is 63.4 Å². The number of benzene rings is 1. The number of ether oxygens (including phenoxy) is 1. The number of nitrogens with two attached hydrogens (primary N) is 1. The van der Waals surface area contributed by atoms with Crippen molar-refractivity contribution in [1.82, 2.24) is 0 Å². The Morgan fingerprint density at radius 1 is 1.23 bits per heavy atom. The van der Waals surface area contributed by atoms with E-state index in [2.05, 4.69) is 5.32 Å². The third-order valence-electron chi connectivity index (χ3n) is 3.19. The second kappa shape index (κ2) is 8.84. The molecular weight excluding hydrogens is 399 g/mol. The summed E-state index contributed by atoms with van der Waals surface area (Å²) in [5.74, 6) is -1.94. The van der Waals surface area contributed by atoms with E-state index in [0.29, 0.717) is 20.6 Å². The van der Waals surface area contributed by atoms with Crippen LogP contribution in [0.25, 0.3) is 6.08 Å². The molecule has 0 unspecified atom stereocenters. The Morgan fingerprint density at radius 2 is 1.96 bits per heavy atom. The Balaban J connectivity index is 1.94. The second-order valence-electron chi connectivity index (χ2n) is 5.10. The monoisotopic (exact) mass is 412 g/mol. The predicted molar refractivity (Wildman–Crippen MR) is 103 cm³/mol. The minimum atomic E-state index is -1.07. The number of anilines is 1. The molecule has 0 saturated heterocycles. The summed E-state index contributed by atoms with van der Waals surface area (Å²) in [4.78, 5) is 35.2. The fourth-order valence-electron chi connectivity index (χ4n) is 1.86. The molecule has 9 heteroatoms. The smallest absolute Gasteiger partial charge is 0.331 e. The van der Waals surface area contributed by atoms with Crippen LogP contribution in [0.1, 0.15) is 22.8 Å². The topological polar surface area (TPSA) is 98.5 Å². The first kappa shape index (κ1) is 20.0. The summed E-state index contributed by atoms with van der Waals surface area (Å²) in [6.45, 7) is 1.41. The van der Waals surface area contributed by atoms with Gasteiger partial charge in [0.25, 0.3) is 11.8 Å². The lowest BCUT2D eigenvalue weighted by Crippen LogP contribution is -2.29. The predicted octanol–water partition coefficient (Wildman–Crippen LogP) is 3.74. The highest BCUT2D eigenvalue weighted by Gasteiger charge is 2.19. The largest absolute Gasteiger partial charge is 0.449 e. The molecule has 0 aliphatic rings. The quantitative estimate of drug-likeness (QED) is 0.557. The summed E-state index contributed by atoms with van der Waals surface area (Å²) in [5, 5.41) is 5.19. The van der Waals surface area contributed by atoms with Crippen LogP contribution in [0.3, 0.4) is 0 Å². The van der Waals surface area contributed by atoms with Crippen molar-refractivity contribution in [2.75, 3.05) is 5.32 Å². The normalized spacial score (nSPS) is 12.0. The molecule has 2 aromatic rings. The van der Waals surface area contributed by atoms with E-state index < -0.39 is 23.9 Å². The van der Waals surface area contributed by atoms with E-state index >= 15 is 0 Å². The van der Waals surface area contributed by atoms with E-state index in [4.69, 9.17) is 33.7 Å². The van der Waals surface area contributed by atoms with Gasteiger partial charge >= 0.3 is 5.97 Å². The Bertz CT molecular complexity index is 879. The Kier molecular flexibility index (Phi) is 6.79. The van der Waals surface area contributed by atoms with Crippen molar-refractivity contribution in [3.8, 4) is 0 Å². The van der Waals surface area contributed by atoms with Crippen LogP contribution in [0.5, 0.6) is 0 Å². The number of rotatable bonds is 6. The first-order valence-electron chi connectivity index (χ1n) is 7.30. The van der Waals surface area contributed by atoms with Crippen molar-refractivity contribution in [3.05, 3.63) is 56.9 Å². The minimum Gasteiger partial charge on any atom is -0.449 e. The SMILES string of the molecule is C[C@H](OC(=O)/C=C/c1ccc(Cl)c(Cl)c1)C(=O)Nc1sccc1C(N)=O. The molecule has 3 N–H and O–H groups in total. The van der Waals surface area contributed by atoms with Gasteiger partial charge in [0.1, 0.15) is 5.00 Å². The van der Waals surface area contributed by atoms with Gasteiger partial charge in [-0.05, 0) is 42.1 Å². The van der Waals surface area contributed by atoms with Crippen LogP contribution in [0.15, 0.2) is 35.7 Å². The first-order valence-corrected chi connectivity index (χ1v) is 8.93. The highest BCUT2D eigenvalue weighted by Crippen LogP contribution is 2.24. The molecule has 2 amide bonds. The van der Waals surface area contributed by atoms with E-state index in [9.17, 15) is 14.4 Å². The van der Waals surface area contributed by atoms with Gasteiger partial charge in [0.15, 0.2) is 6.10 Å². The summed E-state index contributed by atoms with van der Waals surface area (Å²) in [6, 6.07) is 6.36. The number of amides is 2. The number of esters is 1. The van der Waals surface area contributed by atoms with E-state index in [1.165, 1.54) is 25.1 Å². The average Bonchev–Trinajstić information content (AvgIpc) is 3.04. The summed E-state index contributed by atoms with van der Waals surface area (Å²) in [5.41, 5.74) is 6.06. The number of carbonyl (C=O) groups is 3. The van der Waals surface area contributed by atoms with Gasteiger partial charge in [-0.1, -0.05) is 29.3 Å². The van der Waals surface area contributed by atoms with Crippen molar-refractivity contribution in [3.63, 3.8) is 0 Å². The molecule has 1 atom stereocenters. The molecule has 1 heterocycles. The molecule has 0 bridgehead atoms. The summed E-state index contributed by atoms with van der Waals surface area (Å²) >= 11 is 12.8. The Morgan fingerprint density at radius 3 is 2.62 bits per heavy atom. The molecular formula is C17H14Cl2N2O4S. The Hall–Kier alpha value is -2.35. The van der Waals surface area contributed by atoms with Crippen LogP contribution < -0.4 is 11.1 Å². The molecule has 0 aliphatic heterocycles. The van der Waals surface area contributed by atoms with Crippen LogP contribution in [-0.4, -0.2) is 23.9 Å². The molecule has 6 nitrogen and oxygen atoms in total. The lowest BCUT2D eigenvalue weighted by molar-refractivity contribution is -0.148. The van der Waals surface area contributed by atoms with Crippen LogP contribution in [0.2, 0.25) is 10.0 Å². The van der Waals surface area contributed by atoms with Crippen LogP contribution in [0.4, 0.5) is 5.00 Å². The van der Waals surface area contributed by atoms with E-state index in [-0.39, 0.29) is 5.56 Å². The standard InChI is InChI=1S/C17H14Cl2N2O4S/c1-9(16(24)21-17-11(15(20)23)6-7-26-17)25-14(22)5-3-10-2-4-12(18)13(19)8-10/h2-9H,1H3,(H2,20,23)(H,21,24)/b5-3+/t9-/m0/s1. The van der Waals surface area contributed by atoms with Crippen molar-refractivity contribution in [1.29, 1.82) is 0 Å². The molecule has 2 rings (SSSR count). The lowest BCUT2D eigenvalue weighted by Gasteiger charge is -2.12. The van der Waals surface area contributed by atoms with Crippen molar-refractivity contribution < 1.29 is 19.1 Å². The van der Waals surface area contributed by atoms with E-state index in [0.717, 1.165) is 11.3 Å². The van der Waals surface area contributed by atoms with Gasteiger partial charge in [0.2, 0.25) is 0 Å². The molecule has 0 radical (unpaired) electrons. The zero-order valence-corrected chi connectivity index (χ0v) is 15.8. The molecule has 1 aromatic heterocycles. The summed E-state index contributed by atoms with van der Waals surface area (Å²) < 4.78 is 5.03. The number of halogens is 2. The van der Waals surface area contributed by atoms with E-state index in [1.807, 2.05) is 0 Å². The molecule has 0 spiro atoms. The third kappa shape index (κ3) is 5.32. The molecule has 1 aromatic carbocycles. The molecule has 136 valence electrons. The summed E-state index contributed by atoms with van der Waals surface area (Å²) in [7, 11) is 0. The number of hydrogen-bond donors (Lipinski definition) is 2. The van der Waals surface area contributed by atoms with Crippen LogP contribution in [-0.2, 0) is 14.3 Å². The zero-order valence-electron chi connectivity index (χ0n) is 13.5. The van der Waals surface area contributed by atoms with Gasteiger partial charge in [-0.2, -0.15) is 0 Å². The fourth-order valence-corrected chi connectivity index (χ4v) is 2.96. The number of carbonyl (C=O) groups excluding carboxylic acids is 3. The maximum absolute atomic E-state index is 12.1. The maximum Gasteiger partial charge on any atom is 0.331 e. The highest BCUT2D eigenvalue weighted by molar-refractivity contribution is 7.14.